The Bertz CT molecular complexity index is 335. The quantitative estimate of drug-likeness (QED) is 0.624. The van der Waals surface area contributed by atoms with Gasteiger partial charge in [0.25, 0.3) is 0 Å². The van der Waals surface area contributed by atoms with Crippen molar-refractivity contribution in [2.24, 2.45) is 0 Å². The van der Waals surface area contributed by atoms with Gasteiger partial charge < -0.3 is 8.83 Å². The van der Waals surface area contributed by atoms with E-state index < -0.39 is 0 Å². The van der Waals surface area contributed by atoms with E-state index in [1.807, 2.05) is 19.1 Å². The predicted molar refractivity (Wildman–Crippen MR) is 38.9 cm³/mol. The van der Waals surface area contributed by atoms with E-state index in [9.17, 15) is 0 Å². The van der Waals surface area contributed by atoms with E-state index in [0.717, 1.165) is 11.5 Å². The predicted octanol–water partition coefficient (Wildman–Crippen LogP) is 2.24. The fraction of sp³-hybridized carbons (Fsp3) is 0.125. The van der Waals surface area contributed by atoms with E-state index in [4.69, 9.17) is 8.83 Å². The highest BCUT2D eigenvalue weighted by Gasteiger charge is 2.07. The molecule has 0 amide bonds. The first-order valence-electron chi connectivity index (χ1n) is 3.32. The second kappa shape index (κ2) is 2.27. The fourth-order valence-electron chi connectivity index (χ4n) is 0.946. The van der Waals surface area contributed by atoms with E-state index >= 15 is 0 Å². The van der Waals surface area contributed by atoms with Gasteiger partial charge >= 0.3 is 0 Å². The van der Waals surface area contributed by atoms with Gasteiger partial charge in [0, 0.05) is 0 Å². The molecule has 0 unspecified atom stereocenters. The summed E-state index contributed by atoms with van der Waals surface area (Å²) in [6.07, 6.45) is 3.02. The molecule has 3 heteroatoms. The molecular formula is C8H7NO2. The molecule has 0 aliphatic heterocycles. The number of furan rings is 1. The minimum atomic E-state index is 0.704. The van der Waals surface area contributed by atoms with E-state index in [-0.39, 0.29) is 0 Å². The third-order valence-corrected chi connectivity index (χ3v) is 1.49. The lowest BCUT2D eigenvalue weighted by Gasteiger charge is -1.88. The van der Waals surface area contributed by atoms with Crippen LogP contribution in [0.3, 0.4) is 0 Å². The average molecular weight is 149 g/mol. The second-order valence-corrected chi connectivity index (χ2v) is 2.24. The largest absolute Gasteiger partial charge is 0.461 e. The number of nitrogens with zero attached hydrogens (tertiary/aromatic N) is 1. The average Bonchev–Trinajstić information content (AvgIpc) is 2.55. The number of aryl methyl sites for hydroxylation is 1. The van der Waals surface area contributed by atoms with Crippen LogP contribution in [0.2, 0.25) is 0 Å². The lowest BCUT2D eigenvalue weighted by molar-refractivity contribution is 0.520. The molecule has 0 bridgehead atoms. The van der Waals surface area contributed by atoms with Crippen LogP contribution in [0, 0.1) is 6.92 Å². The fourth-order valence-corrected chi connectivity index (χ4v) is 0.946. The van der Waals surface area contributed by atoms with E-state index in [2.05, 4.69) is 4.98 Å². The van der Waals surface area contributed by atoms with Crippen LogP contribution in [0.1, 0.15) is 5.69 Å². The zero-order valence-corrected chi connectivity index (χ0v) is 6.07. The van der Waals surface area contributed by atoms with Gasteiger partial charge in [-0.1, -0.05) is 0 Å². The van der Waals surface area contributed by atoms with Crippen molar-refractivity contribution in [2.45, 2.75) is 6.92 Å². The van der Waals surface area contributed by atoms with Crippen LogP contribution in [-0.4, -0.2) is 4.98 Å². The number of hydrogen-bond donors (Lipinski definition) is 0. The number of aromatic nitrogens is 1. The maximum atomic E-state index is 5.12. The normalized spacial score (nSPS) is 10.3. The monoisotopic (exact) mass is 149 g/mol. The Kier molecular flexibility index (Phi) is 1.28. The summed E-state index contributed by atoms with van der Waals surface area (Å²) in [6.45, 7) is 1.88. The molecule has 0 spiro atoms. The molecule has 0 aliphatic carbocycles. The van der Waals surface area contributed by atoms with Crippen LogP contribution in [0.15, 0.2) is 33.6 Å². The Morgan fingerprint density at radius 1 is 1.36 bits per heavy atom. The van der Waals surface area contributed by atoms with Crippen molar-refractivity contribution in [3.8, 4) is 11.5 Å². The molecule has 0 saturated heterocycles. The second-order valence-electron chi connectivity index (χ2n) is 2.24. The molecule has 56 valence electrons. The van der Waals surface area contributed by atoms with Gasteiger partial charge in [0.1, 0.15) is 0 Å². The lowest BCUT2D eigenvalue weighted by Crippen LogP contribution is -1.73. The van der Waals surface area contributed by atoms with Gasteiger partial charge in [-0.25, -0.2) is 4.98 Å². The molecule has 0 N–H and O–H groups in total. The van der Waals surface area contributed by atoms with Crippen LogP contribution in [0.5, 0.6) is 0 Å². The van der Waals surface area contributed by atoms with E-state index in [0.29, 0.717) is 5.76 Å². The molecule has 3 nitrogen and oxygen atoms in total. The standard InChI is InChI=1S/C8H7NO2/c1-6-8(11-5-9-6)7-3-2-4-10-7/h2-5H,1H3. The lowest BCUT2D eigenvalue weighted by atomic mass is 10.3. The topological polar surface area (TPSA) is 39.2 Å². The third kappa shape index (κ3) is 0.941. The van der Waals surface area contributed by atoms with E-state index in [1.165, 1.54) is 6.39 Å². The molecule has 0 radical (unpaired) electrons. The molecule has 2 rings (SSSR count). The maximum absolute atomic E-state index is 5.12. The number of rotatable bonds is 1. The molecule has 11 heavy (non-hydrogen) atoms. The third-order valence-electron chi connectivity index (χ3n) is 1.49. The van der Waals surface area contributed by atoms with Crippen molar-refractivity contribution in [3.63, 3.8) is 0 Å². The van der Waals surface area contributed by atoms with Gasteiger partial charge in [-0.2, -0.15) is 0 Å². The summed E-state index contributed by atoms with van der Waals surface area (Å²) in [7, 11) is 0. The Balaban J connectivity index is 2.53. The van der Waals surface area contributed by atoms with Crippen LogP contribution in [0.25, 0.3) is 11.5 Å². The Labute approximate surface area is 63.7 Å². The number of oxazole rings is 1. The summed E-state index contributed by atoms with van der Waals surface area (Å²) in [6, 6.07) is 3.66. The highest BCUT2D eigenvalue weighted by atomic mass is 16.4. The van der Waals surface area contributed by atoms with Crippen molar-refractivity contribution in [1.82, 2.24) is 4.98 Å². The van der Waals surface area contributed by atoms with E-state index in [1.54, 1.807) is 6.26 Å². The highest BCUT2D eigenvalue weighted by Crippen LogP contribution is 2.21. The zero-order chi connectivity index (χ0) is 7.68. The maximum Gasteiger partial charge on any atom is 0.192 e. The molecule has 0 atom stereocenters. The minimum Gasteiger partial charge on any atom is -0.461 e. The summed E-state index contributed by atoms with van der Waals surface area (Å²) in [5, 5.41) is 0. The summed E-state index contributed by atoms with van der Waals surface area (Å²) in [4.78, 5) is 3.95. The van der Waals surface area contributed by atoms with Gasteiger partial charge in [-0.05, 0) is 19.1 Å². The molecule has 2 aromatic heterocycles. The summed E-state index contributed by atoms with van der Waals surface area (Å²) in [5.41, 5.74) is 0.847. The highest BCUT2D eigenvalue weighted by molar-refractivity contribution is 5.51. The van der Waals surface area contributed by atoms with Gasteiger partial charge in [-0.15, -0.1) is 0 Å². The Hall–Kier alpha value is -1.51. The molecule has 0 aliphatic rings. The smallest absolute Gasteiger partial charge is 0.192 e. The molecule has 0 aromatic carbocycles. The number of hydrogen-bond acceptors (Lipinski definition) is 3. The van der Waals surface area contributed by atoms with Gasteiger partial charge in [0.15, 0.2) is 17.9 Å². The Morgan fingerprint density at radius 3 is 2.82 bits per heavy atom. The van der Waals surface area contributed by atoms with Gasteiger partial charge in [0.2, 0.25) is 0 Å². The van der Waals surface area contributed by atoms with Crippen LogP contribution < -0.4 is 0 Å². The van der Waals surface area contributed by atoms with Gasteiger partial charge in [-0.3, -0.25) is 0 Å². The van der Waals surface area contributed by atoms with Crippen LogP contribution in [-0.2, 0) is 0 Å². The van der Waals surface area contributed by atoms with Crippen molar-refractivity contribution in [1.29, 1.82) is 0 Å². The van der Waals surface area contributed by atoms with Crippen molar-refractivity contribution in [2.75, 3.05) is 0 Å². The SMILES string of the molecule is Cc1ncoc1-c1ccco1. The van der Waals surface area contributed by atoms with Crippen molar-refractivity contribution in [3.05, 3.63) is 30.5 Å². The minimum absolute atomic E-state index is 0.704. The Morgan fingerprint density at radius 2 is 2.27 bits per heavy atom. The first-order valence-corrected chi connectivity index (χ1v) is 3.32. The molecular weight excluding hydrogens is 142 g/mol. The van der Waals surface area contributed by atoms with Crippen molar-refractivity contribution < 1.29 is 8.83 Å². The molecule has 0 saturated carbocycles. The molecule has 2 heterocycles. The van der Waals surface area contributed by atoms with Gasteiger partial charge in [0.05, 0.1) is 12.0 Å². The summed E-state index contributed by atoms with van der Waals surface area (Å²) in [5.74, 6) is 1.43. The van der Waals surface area contributed by atoms with Crippen molar-refractivity contribution >= 4 is 0 Å². The first-order chi connectivity index (χ1) is 5.38. The summed E-state index contributed by atoms with van der Waals surface area (Å²) >= 11 is 0. The summed E-state index contributed by atoms with van der Waals surface area (Å²) < 4.78 is 10.2. The van der Waals surface area contributed by atoms with Crippen LogP contribution in [0.4, 0.5) is 0 Å². The zero-order valence-electron chi connectivity index (χ0n) is 6.07. The molecule has 2 aromatic rings. The first kappa shape index (κ1) is 6.22. The van der Waals surface area contributed by atoms with Crippen LogP contribution >= 0.6 is 0 Å². The molecule has 0 fully saturated rings.